The number of methoxy groups -OCH3 is 1. The molecule has 2 unspecified atom stereocenters. The predicted molar refractivity (Wildman–Crippen MR) is 144 cm³/mol. The molecule has 0 spiro atoms. The van der Waals surface area contributed by atoms with E-state index in [0.29, 0.717) is 36.4 Å². The predicted octanol–water partition coefficient (Wildman–Crippen LogP) is 4.30. The molecule has 2 N–H and O–H groups in total. The van der Waals surface area contributed by atoms with Crippen LogP contribution in [0.4, 0.5) is 24.0 Å². The van der Waals surface area contributed by atoms with Crippen molar-refractivity contribution in [3.63, 3.8) is 0 Å². The van der Waals surface area contributed by atoms with Crippen LogP contribution in [0, 0.1) is 23.0 Å². The van der Waals surface area contributed by atoms with E-state index in [4.69, 9.17) is 20.2 Å². The van der Waals surface area contributed by atoms with Crippen molar-refractivity contribution in [2.45, 2.75) is 38.1 Å². The summed E-state index contributed by atoms with van der Waals surface area (Å²) in [5.74, 6) is -0.755. The molecule has 0 radical (unpaired) electrons. The molecule has 0 aliphatic carbocycles. The van der Waals surface area contributed by atoms with Gasteiger partial charge < -0.3 is 20.1 Å². The van der Waals surface area contributed by atoms with Gasteiger partial charge in [0.25, 0.3) is 0 Å². The Kier molecular flexibility index (Phi) is 5.95. The van der Waals surface area contributed by atoms with Gasteiger partial charge in [0.15, 0.2) is 11.6 Å². The summed E-state index contributed by atoms with van der Waals surface area (Å²) in [6, 6.07) is 2.20. The van der Waals surface area contributed by atoms with Crippen LogP contribution in [0.1, 0.15) is 29.5 Å². The minimum atomic E-state index is -0.682. The molecule has 2 bridgehead atoms. The molecule has 2 fully saturated rings. The number of nitrogen functional groups attached to an aromatic ring is 1. The van der Waals surface area contributed by atoms with Crippen LogP contribution >= 0.6 is 11.3 Å². The van der Waals surface area contributed by atoms with Gasteiger partial charge in [-0.3, -0.25) is 9.88 Å². The van der Waals surface area contributed by atoms with Crippen molar-refractivity contribution in [3.05, 3.63) is 34.5 Å². The number of hydrogen-bond donors (Lipinski definition) is 1. The van der Waals surface area contributed by atoms with E-state index in [-0.39, 0.29) is 68.7 Å². The lowest BCUT2D eigenvalue weighted by atomic mass is 9.93. The average Bonchev–Trinajstić information content (AvgIpc) is 3.63. The summed E-state index contributed by atoms with van der Waals surface area (Å²) in [6.45, 7) is 1.63. The first-order valence-corrected chi connectivity index (χ1v) is 13.8. The fourth-order valence-corrected chi connectivity index (χ4v) is 7.46. The number of piperazine rings is 1. The van der Waals surface area contributed by atoms with Crippen LogP contribution in [-0.4, -0.2) is 65.4 Å². The lowest BCUT2D eigenvalue weighted by molar-refractivity contribution is 0.135. The van der Waals surface area contributed by atoms with Crippen molar-refractivity contribution < 1.29 is 22.6 Å². The number of halogens is 3. The third-order valence-electron chi connectivity index (χ3n) is 8.19. The van der Waals surface area contributed by atoms with Crippen LogP contribution in [0.3, 0.4) is 0 Å². The maximum atomic E-state index is 16.8. The number of nitrogens with two attached hydrogens (primary N) is 1. The lowest BCUT2D eigenvalue weighted by Gasteiger charge is -2.42. The number of anilines is 2. The highest BCUT2D eigenvalue weighted by Crippen LogP contribution is 2.48. The number of likely N-dealkylation sites (tertiary alicyclic amines) is 1. The number of aromatic nitrogens is 3. The summed E-state index contributed by atoms with van der Waals surface area (Å²) >= 11 is 0.927. The maximum absolute atomic E-state index is 16.8. The summed E-state index contributed by atoms with van der Waals surface area (Å²) in [4.78, 5) is 17.8. The molecule has 1 aromatic carbocycles. The van der Waals surface area contributed by atoms with E-state index in [1.54, 1.807) is 0 Å². The number of pyridine rings is 1. The third kappa shape index (κ3) is 3.56. The van der Waals surface area contributed by atoms with Crippen LogP contribution in [0.2, 0.25) is 0 Å². The molecule has 4 aromatic rings. The van der Waals surface area contributed by atoms with Crippen LogP contribution in [0.25, 0.3) is 32.2 Å². The highest BCUT2D eigenvalue weighted by Gasteiger charge is 2.43. The first kappa shape index (κ1) is 25.3. The normalized spacial score (nSPS) is 20.4. The number of nitriles is 1. The van der Waals surface area contributed by atoms with Crippen molar-refractivity contribution in [2.24, 2.45) is 0 Å². The van der Waals surface area contributed by atoms with Gasteiger partial charge in [-0.15, -0.1) is 11.3 Å². The summed E-state index contributed by atoms with van der Waals surface area (Å²) in [7, 11) is 1.42. The lowest BCUT2D eigenvalue weighted by Crippen LogP contribution is -2.54. The van der Waals surface area contributed by atoms with Gasteiger partial charge in [-0.2, -0.15) is 15.2 Å². The molecule has 0 saturated carbocycles. The molecule has 3 aromatic heterocycles. The number of alkyl halides is 1. The number of rotatable bonds is 5. The van der Waals surface area contributed by atoms with Gasteiger partial charge in [0.1, 0.15) is 29.1 Å². The fourth-order valence-electron chi connectivity index (χ4n) is 6.54. The van der Waals surface area contributed by atoms with Crippen molar-refractivity contribution in [1.29, 1.82) is 5.26 Å². The number of thiophene rings is 1. The molecular weight excluding hydrogens is 543 g/mol. The topological polar surface area (TPSA) is 113 Å². The first-order chi connectivity index (χ1) is 19.4. The first-order valence-electron chi connectivity index (χ1n) is 12.9. The van der Waals surface area contributed by atoms with Crippen LogP contribution in [0.15, 0.2) is 6.20 Å². The largest absolute Gasteiger partial charge is 0.467 e. The van der Waals surface area contributed by atoms with E-state index < -0.39 is 18.3 Å². The number of benzene rings is 1. The third-order valence-corrected chi connectivity index (χ3v) is 9.22. The quantitative estimate of drug-likeness (QED) is 0.377. The Balaban J connectivity index is 1.50. The summed E-state index contributed by atoms with van der Waals surface area (Å²) < 4.78 is 56.1. The number of hydrogen-bond acceptors (Lipinski definition) is 10. The number of nitrogens with zero attached hydrogens (tertiary/aromatic N) is 6. The molecule has 13 heteroatoms. The van der Waals surface area contributed by atoms with Crippen molar-refractivity contribution >= 4 is 43.1 Å². The summed E-state index contributed by atoms with van der Waals surface area (Å²) in [5.41, 5.74) is 7.61. The second kappa shape index (κ2) is 9.43. The van der Waals surface area contributed by atoms with Crippen molar-refractivity contribution in [1.82, 2.24) is 19.9 Å². The van der Waals surface area contributed by atoms with Crippen LogP contribution in [-0.2, 0) is 18.0 Å². The highest BCUT2D eigenvalue weighted by atomic mass is 32.1. The zero-order valence-corrected chi connectivity index (χ0v) is 22.3. The molecule has 206 valence electrons. The zero-order chi connectivity index (χ0) is 27.7. The number of ether oxygens (including phenoxy) is 2. The molecule has 9 nitrogen and oxygen atoms in total. The van der Waals surface area contributed by atoms with Crippen molar-refractivity contribution in [3.8, 4) is 23.3 Å². The van der Waals surface area contributed by atoms with Crippen LogP contribution < -0.4 is 15.4 Å². The standard InChI is InChI=1S/C27H24F3N7O2S/c1-38-27-34-23-20(26(35-27)37-12-2-3-13(37)9-36(8-12)5-4-28)16-11-39-10-15(16)18(21(23)30)22-19-14(6-31)25(32)40-24(19)17(29)7-33-22/h7,12-13H,2-5,8-11,32H2,1H3. The van der Waals surface area contributed by atoms with Gasteiger partial charge in [-0.05, 0) is 24.0 Å². The Bertz CT molecular complexity index is 1730. The molecule has 2 atom stereocenters. The van der Waals surface area contributed by atoms with Gasteiger partial charge in [-0.25, -0.2) is 13.2 Å². The molecular formula is C27H24F3N7O2S. The van der Waals surface area contributed by atoms with E-state index >= 15 is 4.39 Å². The second-order valence-electron chi connectivity index (χ2n) is 10.2. The van der Waals surface area contributed by atoms with E-state index in [2.05, 4.69) is 19.8 Å². The monoisotopic (exact) mass is 567 g/mol. The van der Waals surface area contributed by atoms with Crippen LogP contribution in [0.5, 0.6) is 6.01 Å². The Morgan fingerprint density at radius 3 is 2.62 bits per heavy atom. The second-order valence-corrected chi connectivity index (χ2v) is 11.3. The smallest absolute Gasteiger partial charge is 0.318 e. The zero-order valence-electron chi connectivity index (χ0n) is 21.5. The van der Waals surface area contributed by atoms with E-state index in [1.165, 1.54) is 7.11 Å². The van der Waals surface area contributed by atoms with Gasteiger partial charge in [0.05, 0.1) is 47.9 Å². The Morgan fingerprint density at radius 2 is 1.93 bits per heavy atom. The SMILES string of the molecule is COc1nc(N2C3CCC2CN(CCF)C3)c2c3c(c(-c4ncc(F)c5sc(N)c(C#N)c45)c(F)c2n1)COC3. The van der Waals surface area contributed by atoms with E-state index in [0.717, 1.165) is 35.9 Å². The van der Waals surface area contributed by atoms with E-state index in [1.807, 2.05) is 6.07 Å². The van der Waals surface area contributed by atoms with Gasteiger partial charge >= 0.3 is 6.01 Å². The average molecular weight is 568 g/mol. The fraction of sp³-hybridized carbons (Fsp3) is 0.407. The molecule has 0 amide bonds. The number of fused-ring (bicyclic) bond motifs is 6. The minimum absolute atomic E-state index is 0.00603. The summed E-state index contributed by atoms with van der Waals surface area (Å²) in [5, 5.41) is 10.6. The molecule has 40 heavy (non-hydrogen) atoms. The molecule has 6 heterocycles. The Labute approximate surface area is 230 Å². The Hall–Kier alpha value is -3.73. The maximum Gasteiger partial charge on any atom is 0.318 e. The molecule has 2 saturated heterocycles. The highest BCUT2D eigenvalue weighted by molar-refractivity contribution is 7.23. The van der Waals surface area contributed by atoms with Gasteiger partial charge in [0, 0.05) is 42.7 Å². The Morgan fingerprint density at radius 1 is 1.18 bits per heavy atom. The molecule has 7 rings (SSSR count). The summed E-state index contributed by atoms with van der Waals surface area (Å²) in [6.07, 6.45) is 2.84. The molecule has 3 aliphatic heterocycles. The van der Waals surface area contributed by atoms with Gasteiger partial charge in [0.2, 0.25) is 0 Å². The van der Waals surface area contributed by atoms with Gasteiger partial charge in [-0.1, -0.05) is 0 Å². The van der Waals surface area contributed by atoms with Crippen molar-refractivity contribution in [2.75, 3.05) is 44.1 Å². The molecule has 3 aliphatic rings. The minimum Gasteiger partial charge on any atom is -0.467 e. The van der Waals surface area contributed by atoms with E-state index in [9.17, 15) is 14.0 Å².